The fourth-order valence-corrected chi connectivity index (χ4v) is 1.64. The first-order chi connectivity index (χ1) is 4.86. The maximum Gasteiger partial charge on any atom is 0.187 e. The molecule has 0 aromatic rings. The second-order valence-electron chi connectivity index (χ2n) is 2.88. The average molecular weight is 146 g/mol. The molecule has 56 valence electrons. The number of hydrogen-bond donors (Lipinski definition) is 0. The molecule has 3 rings (SSSR count). The lowest BCUT2D eigenvalue weighted by Crippen LogP contribution is -2.39. The lowest BCUT2D eigenvalue weighted by molar-refractivity contribution is -0.236. The van der Waals surface area contributed by atoms with Crippen molar-refractivity contribution in [3.63, 3.8) is 0 Å². The van der Waals surface area contributed by atoms with E-state index in [9.17, 15) is 4.39 Å². The second-order valence-corrected chi connectivity index (χ2v) is 2.88. The molecule has 0 saturated carbocycles. The molecule has 3 heterocycles. The van der Waals surface area contributed by atoms with E-state index in [4.69, 9.17) is 14.2 Å². The van der Waals surface area contributed by atoms with Crippen LogP contribution < -0.4 is 0 Å². The van der Waals surface area contributed by atoms with E-state index in [1.54, 1.807) is 0 Å². The minimum absolute atomic E-state index is 0.0116. The van der Waals surface area contributed by atoms with Gasteiger partial charge in [0.2, 0.25) is 0 Å². The monoisotopic (exact) mass is 146 g/mol. The molecule has 3 aliphatic heterocycles. The van der Waals surface area contributed by atoms with Gasteiger partial charge in [-0.1, -0.05) is 0 Å². The summed E-state index contributed by atoms with van der Waals surface area (Å²) in [6.07, 6.45) is -1.59. The number of epoxide rings is 1. The third-order valence-corrected chi connectivity index (χ3v) is 2.22. The maximum atomic E-state index is 12.8. The highest BCUT2D eigenvalue weighted by atomic mass is 19.1. The van der Waals surface area contributed by atoms with Crippen molar-refractivity contribution in [2.75, 3.05) is 6.61 Å². The van der Waals surface area contributed by atoms with Gasteiger partial charge in [0.1, 0.15) is 18.3 Å². The van der Waals surface area contributed by atoms with Gasteiger partial charge in [-0.2, -0.15) is 0 Å². The van der Waals surface area contributed by atoms with Gasteiger partial charge in [0.05, 0.1) is 6.61 Å². The largest absolute Gasteiger partial charge is 0.361 e. The van der Waals surface area contributed by atoms with E-state index in [-0.39, 0.29) is 31.2 Å². The van der Waals surface area contributed by atoms with Crippen LogP contribution in [0.3, 0.4) is 0 Å². The molecule has 3 aliphatic rings. The zero-order valence-electron chi connectivity index (χ0n) is 5.20. The molecule has 0 aliphatic carbocycles. The molecule has 3 fully saturated rings. The normalized spacial score (nSPS) is 63.9. The van der Waals surface area contributed by atoms with Crippen LogP contribution in [0.1, 0.15) is 0 Å². The van der Waals surface area contributed by atoms with Crippen LogP contribution in [0, 0.1) is 0 Å². The number of alkyl halides is 1. The standard InChI is InChI=1S/C6H7FO3/c7-2-1-8-6-5-4(9-5)3(2)10-6/h2-6H,1H2/t2-,3+,4+,5+,6+/m0/s1. The molecule has 3 nitrogen and oxygen atoms in total. The Hall–Kier alpha value is -0.190. The maximum absolute atomic E-state index is 12.8. The fourth-order valence-electron chi connectivity index (χ4n) is 1.64. The molecule has 5 atom stereocenters. The molecule has 0 unspecified atom stereocenters. The van der Waals surface area contributed by atoms with Crippen LogP contribution in [-0.2, 0) is 14.2 Å². The summed E-state index contributed by atoms with van der Waals surface area (Å²) in [4.78, 5) is 0. The summed E-state index contributed by atoms with van der Waals surface area (Å²) < 4.78 is 28.1. The van der Waals surface area contributed by atoms with Crippen molar-refractivity contribution in [1.82, 2.24) is 0 Å². The van der Waals surface area contributed by atoms with Crippen LogP contribution >= 0.6 is 0 Å². The molecule has 0 aromatic carbocycles. The fraction of sp³-hybridized carbons (Fsp3) is 1.00. The van der Waals surface area contributed by atoms with Gasteiger partial charge in [0.25, 0.3) is 0 Å². The average Bonchev–Trinajstić information content (AvgIpc) is 2.65. The van der Waals surface area contributed by atoms with E-state index < -0.39 is 6.17 Å². The highest BCUT2D eigenvalue weighted by Crippen LogP contribution is 2.44. The van der Waals surface area contributed by atoms with Gasteiger partial charge in [-0.05, 0) is 0 Å². The minimum atomic E-state index is -0.992. The number of rotatable bonds is 0. The van der Waals surface area contributed by atoms with Crippen molar-refractivity contribution < 1.29 is 18.6 Å². The summed E-state index contributed by atoms with van der Waals surface area (Å²) >= 11 is 0. The predicted molar refractivity (Wildman–Crippen MR) is 28.2 cm³/mol. The first-order valence-corrected chi connectivity index (χ1v) is 3.43. The number of ether oxygens (including phenoxy) is 3. The molecule has 10 heavy (non-hydrogen) atoms. The first-order valence-electron chi connectivity index (χ1n) is 3.43. The summed E-state index contributed by atoms with van der Waals surface area (Å²) in [5.41, 5.74) is 0. The number of fused-ring (bicyclic) bond motifs is 5. The van der Waals surface area contributed by atoms with E-state index >= 15 is 0 Å². The Labute approximate surface area is 57.1 Å². The van der Waals surface area contributed by atoms with E-state index in [1.807, 2.05) is 0 Å². The van der Waals surface area contributed by atoms with Crippen LogP contribution in [0.4, 0.5) is 4.39 Å². The summed E-state index contributed by atoms with van der Waals surface area (Å²) in [6.45, 7) is 0.172. The van der Waals surface area contributed by atoms with Crippen molar-refractivity contribution in [3.8, 4) is 0 Å². The van der Waals surface area contributed by atoms with Gasteiger partial charge in [-0.25, -0.2) is 4.39 Å². The highest BCUT2D eigenvalue weighted by Gasteiger charge is 2.63. The van der Waals surface area contributed by atoms with E-state index in [0.29, 0.717) is 0 Å². The molecule has 0 radical (unpaired) electrons. The van der Waals surface area contributed by atoms with Crippen LogP contribution in [0.25, 0.3) is 0 Å². The van der Waals surface area contributed by atoms with E-state index in [2.05, 4.69) is 0 Å². The van der Waals surface area contributed by atoms with Gasteiger partial charge in [-0.3, -0.25) is 0 Å². The zero-order valence-corrected chi connectivity index (χ0v) is 5.20. The quantitative estimate of drug-likeness (QED) is 0.445. The Morgan fingerprint density at radius 1 is 1.10 bits per heavy atom. The van der Waals surface area contributed by atoms with E-state index in [1.165, 1.54) is 0 Å². The third kappa shape index (κ3) is 0.504. The van der Waals surface area contributed by atoms with Crippen molar-refractivity contribution in [1.29, 1.82) is 0 Å². The van der Waals surface area contributed by atoms with Crippen LogP contribution in [-0.4, -0.2) is 37.4 Å². The number of halogens is 1. The molecule has 0 spiro atoms. The molecule has 0 aromatic heterocycles. The molecule has 3 saturated heterocycles. The third-order valence-electron chi connectivity index (χ3n) is 2.22. The topological polar surface area (TPSA) is 31.0 Å². The summed E-state index contributed by atoms with van der Waals surface area (Å²) in [6, 6.07) is 0. The molecule has 0 N–H and O–H groups in total. The first kappa shape index (κ1) is 5.46. The van der Waals surface area contributed by atoms with Crippen molar-refractivity contribution >= 4 is 0 Å². The molecule has 2 bridgehead atoms. The van der Waals surface area contributed by atoms with Gasteiger partial charge in [0.15, 0.2) is 12.5 Å². The number of hydrogen-bond acceptors (Lipinski definition) is 3. The highest BCUT2D eigenvalue weighted by molar-refractivity contribution is 5.05. The molecule has 4 heteroatoms. The van der Waals surface area contributed by atoms with Crippen LogP contribution in [0.5, 0.6) is 0 Å². The van der Waals surface area contributed by atoms with Crippen LogP contribution in [0.2, 0.25) is 0 Å². The Balaban J connectivity index is 1.90. The lowest BCUT2D eigenvalue weighted by atomic mass is 10.2. The molecule has 0 amide bonds. The van der Waals surface area contributed by atoms with Gasteiger partial charge in [-0.15, -0.1) is 0 Å². The summed E-state index contributed by atoms with van der Waals surface area (Å²) in [5, 5.41) is 0. The van der Waals surface area contributed by atoms with Gasteiger partial charge >= 0.3 is 0 Å². The molecular formula is C6H7FO3. The SMILES string of the molecule is F[C@H]1CO[C@@H]2O[C@H]1[C@H]1O[C@@H]21. The Morgan fingerprint density at radius 2 is 2.00 bits per heavy atom. The Bertz CT molecular complexity index is 172. The Kier molecular flexibility index (Phi) is 0.829. The van der Waals surface area contributed by atoms with E-state index in [0.717, 1.165) is 0 Å². The smallest absolute Gasteiger partial charge is 0.187 e. The summed E-state index contributed by atoms with van der Waals surface area (Å²) in [7, 11) is 0. The van der Waals surface area contributed by atoms with Crippen molar-refractivity contribution in [2.24, 2.45) is 0 Å². The van der Waals surface area contributed by atoms with Crippen molar-refractivity contribution in [3.05, 3.63) is 0 Å². The zero-order chi connectivity index (χ0) is 6.72. The minimum Gasteiger partial charge on any atom is -0.361 e. The van der Waals surface area contributed by atoms with Gasteiger partial charge < -0.3 is 14.2 Å². The van der Waals surface area contributed by atoms with Crippen LogP contribution in [0.15, 0.2) is 0 Å². The van der Waals surface area contributed by atoms with Crippen molar-refractivity contribution in [2.45, 2.75) is 30.8 Å². The second kappa shape index (κ2) is 1.52. The predicted octanol–water partition coefficient (Wildman–Crippen LogP) is -0.153. The summed E-state index contributed by atoms with van der Waals surface area (Å²) in [5.74, 6) is 0. The lowest BCUT2D eigenvalue weighted by Gasteiger charge is -2.26. The Morgan fingerprint density at radius 3 is 2.80 bits per heavy atom. The molecular weight excluding hydrogens is 139 g/mol. The van der Waals surface area contributed by atoms with Gasteiger partial charge in [0, 0.05) is 0 Å².